The van der Waals surface area contributed by atoms with Gasteiger partial charge in [0.25, 0.3) is 0 Å². The molecule has 25 heavy (non-hydrogen) atoms. The summed E-state index contributed by atoms with van der Waals surface area (Å²) < 4.78 is 4.90. The minimum atomic E-state index is -0.468. The molecule has 1 aromatic rings. The fourth-order valence-corrected chi connectivity index (χ4v) is 3.94. The Morgan fingerprint density at radius 1 is 1.32 bits per heavy atom. The molecule has 1 unspecified atom stereocenters. The molecule has 1 aliphatic heterocycles. The van der Waals surface area contributed by atoms with Crippen LogP contribution in [0.15, 0.2) is 10.6 Å². The van der Waals surface area contributed by atoms with Crippen LogP contribution in [0.3, 0.4) is 0 Å². The number of carbonyl (C=O) groups is 2. The van der Waals surface area contributed by atoms with Gasteiger partial charge < -0.3 is 9.42 Å². The van der Waals surface area contributed by atoms with Gasteiger partial charge >= 0.3 is 0 Å². The van der Waals surface area contributed by atoms with Crippen LogP contribution in [0.25, 0.3) is 0 Å². The van der Waals surface area contributed by atoms with E-state index in [2.05, 4.69) is 25.9 Å². The molecule has 1 amide bonds. The molecule has 5 nitrogen and oxygen atoms in total. The molecule has 1 fully saturated rings. The van der Waals surface area contributed by atoms with Crippen LogP contribution < -0.4 is 0 Å². The number of rotatable bonds is 6. The fraction of sp³-hybridized carbons (Fsp3) is 0.737. The van der Waals surface area contributed by atoms with E-state index in [1.54, 1.807) is 18.7 Å². The minimum Gasteiger partial charge on any atom is -0.361 e. The number of amides is 1. The number of likely N-dealkylation sites (tertiary alicyclic amines) is 1. The number of hydrogen-bond donors (Lipinski definition) is 0. The van der Waals surface area contributed by atoms with E-state index in [4.69, 9.17) is 4.52 Å². The molecule has 6 heteroatoms. The highest BCUT2D eigenvalue weighted by Gasteiger charge is 2.32. The van der Waals surface area contributed by atoms with Crippen molar-refractivity contribution >= 4 is 23.5 Å². The van der Waals surface area contributed by atoms with E-state index < -0.39 is 4.75 Å². The topological polar surface area (TPSA) is 63.4 Å². The Morgan fingerprint density at radius 2 is 2.00 bits per heavy atom. The first-order valence-corrected chi connectivity index (χ1v) is 9.86. The molecule has 0 saturated carbocycles. The Kier molecular flexibility index (Phi) is 6.02. The predicted octanol–water partition coefficient (Wildman–Crippen LogP) is 3.46. The van der Waals surface area contributed by atoms with Gasteiger partial charge in [0.05, 0.1) is 16.9 Å². The molecule has 0 radical (unpaired) electrons. The Labute approximate surface area is 154 Å². The van der Waals surface area contributed by atoms with Gasteiger partial charge in [-0.2, -0.15) is 0 Å². The van der Waals surface area contributed by atoms with Crippen molar-refractivity contribution in [2.24, 2.45) is 5.92 Å². The Balaban J connectivity index is 1.87. The van der Waals surface area contributed by atoms with Crippen LogP contribution in [0.4, 0.5) is 0 Å². The molecular weight excluding hydrogens is 336 g/mol. The van der Waals surface area contributed by atoms with Gasteiger partial charge in [-0.25, -0.2) is 0 Å². The molecule has 2 heterocycles. The van der Waals surface area contributed by atoms with Crippen LogP contribution in [-0.4, -0.2) is 45.3 Å². The van der Waals surface area contributed by atoms with Crippen molar-refractivity contribution in [3.63, 3.8) is 0 Å². The highest BCUT2D eigenvalue weighted by molar-refractivity contribution is 8.01. The zero-order valence-corrected chi connectivity index (χ0v) is 17.0. The van der Waals surface area contributed by atoms with Gasteiger partial charge in [0, 0.05) is 31.5 Å². The van der Waals surface area contributed by atoms with E-state index in [0.717, 1.165) is 31.0 Å². The van der Waals surface area contributed by atoms with Crippen molar-refractivity contribution in [2.45, 2.75) is 64.5 Å². The second-order valence-electron chi connectivity index (χ2n) is 8.47. The molecule has 1 saturated heterocycles. The minimum absolute atomic E-state index is 0.108. The molecule has 0 aromatic carbocycles. The van der Waals surface area contributed by atoms with Gasteiger partial charge in [0.15, 0.2) is 5.78 Å². The van der Waals surface area contributed by atoms with Gasteiger partial charge in [0.2, 0.25) is 5.91 Å². The lowest BCUT2D eigenvalue weighted by Gasteiger charge is -2.24. The quantitative estimate of drug-likeness (QED) is 0.771. The Bertz CT molecular complexity index is 631. The first-order valence-electron chi connectivity index (χ1n) is 8.88. The summed E-state index contributed by atoms with van der Waals surface area (Å²) in [6.07, 6.45) is 1.32. The number of carbonyl (C=O) groups excluding carboxylic acids is 2. The van der Waals surface area contributed by atoms with Crippen LogP contribution in [0.2, 0.25) is 0 Å². The average Bonchev–Trinajstić information content (AvgIpc) is 3.13. The SMILES string of the molecule is CC(=O)N1CCC(CSC(C)(C)C(=O)Cc2cc(C(C)(C)C)on2)C1. The first-order chi connectivity index (χ1) is 11.5. The predicted molar refractivity (Wildman–Crippen MR) is 101 cm³/mol. The van der Waals surface area contributed by atoms with Crippen molar-refractivity contribution < 1.29 is 14.1 Å². The van der Waals surface area contributed by atoms with Crippen LogP contribution in [0.5, 0.6) is 0 Å². The normalized spacial score (nSPS) is 18.6. The van der Waals surface area contributed by atoms with Gasteiger partial charge in [-0.05, 0) is 31.9 Å². The number of nitrogens with zero attached hydrogens (tertiary/aromatic N) is 2. The average molecular weight is 367 g/mol. The molecule has 1 aromatic heterocycles. The van der Waals surface area contributed by atoms with Gasteiger partial charge in [-0.3, -0.25) is 9.59 Å². The largest absolute Gasteiger partial charge is 0.361 e. The summed E-state index contributed by atoms with van der Waals surface area (Å²) in [5.41, 5.74) is 0.594. The van der Waals surface area contributed by atoms with Crippen molar-refractivity contribution in [1.82, 2.24) is 10.1 Å². The second-order valence-corrected chi connectivity index (χ2v) is 10.1. The van der Waals surface area contributed by atoms with Crippen LogP contribution in [0, 0.1) is 5.92 Å². The monoisotopic (exact) mass is 366 g/mol. The highest BCUT2D eigenvalue weighted by atomic mass is 32.2. The zero-order chi connectivity index (χ0) is 18.8. The van der Waals surface area contributed by atoms with Gasteiger partial charge in [-0.15, -0.1) is 11.8 Å². The van der Waals surface area contributed by atoms with Crippen LogP contribution in [0.1, 0.15) is 59.4 Å². The maximum atomic E-state index is 12.7. The summed E-state index contributed by atoms with van der Waals surface area (Å²) in [6, 6.07) is 1.89. The number of ketones is 1. The van der Waals surface area contributed by atoms with Crippen molar-refractivity contribution in [3.8, 4) is 0 Å². The summed E-state index contributed by atoms with van der Waals surface area (Å²) in [7, 11) is 0. The van der Waals surface area contributed by atoms with Crippen molar-refractivity contribution in [3.05, 3.63) is 17.5 Å². The third kappa shape index (κ3) is 5.33. The van der Waals surface area contributed by atoms with E-state index in [9.17, 15) is 9.59 Å². The van der Waals surface area contributed by atoms with Gasteiger partial charge in [0.1, 0.15) is 5.76 Å². The van der Waals surface area contributed by atoms with Crippen LogP contribution in [-0.2, 0) is 21.4 Å². The van der Waals surface area contributed by atoms with E-state index in [0.29, 0.717) is 18.0 Å². The maximum absolute atomic E-state index is 12.7. The number of aromatic nitrogens is 1. The molecule has 1 aliphatic rings. The van der Waals surface area contributed by atoms with Gasteiger partial charge in [-0.1, -0.05) is 25.9 Å². The standard InChI is InChI=1S/C19H30N2O3S/c1-13(22)21-8-7-14(11-21)12-25-19(5,6)16(23)9-15-10-17(24-20-15)18(2,3)4/h10,14H,7-9,11-12H2,1-6H3. The smallest absolute Gasteiger partial charge is 0.219 e. The lowest BCUT2D eigenvalue weighted by Crippen LogP contribution is -2.31. The molecular formula is C19H30N2O3S. The number of Topliss-reactive ketones (excluding diaryl/α,β-unsaturated/α-hetero) is 1. The Hall–Kier alpha value is -1.30. The molecule has 2 rings (SSSR count). The summed E-state index contributed by atoms with van der Waals surface area (Å²) in [5.74, 6) is 2.47. The number of hydrogen-bond acceptors (Lipinski definition) is 5. The summed E-state index contributed by atoms with van der Waals surface area (Å²) >= 11 is 1.68. The first kappa shape index (κ1) is 20.0. The second kappa shape index (κ2) is 7.52. The lowest BCUT2D eigenvalue weighted by atomic mass is 9.92. The number of thioether (sulfide) groups is 1. The fourth-order valence-electron chi connectivity index (χ4n) is 2.79. The summed E-state index contributed by atoms with van der Waals surface area (Å²) in [5, 5.41) is 4.05. The maximum Gasteiger partial charge on any atom is 0.219 e. The third-order valence-electron chi connectivity index (χ3n) is 4.72. The zero-order valence-electron chi connectivity index (χ0n) is 16.2. The van der Waals surface area contributed by atoms with E-state index in [1.165, 1.54) is 0 Å². The summed E-state index contributed by atoms with van der Waals surface area (Å²) in [6.45, 7) is 13.4. The van der Waals surface area contributed by atoms with Crippen molar-refractivity contribution in [1.29, 1.82) is 0 Å². The van der Waals surface area contributed by atoms with Crippen molar-refractivity contribution in [2.75, 3.05) is 18.8 Å². The molecule has 140 valence electrons. The summed E-state index contributed by atoms with van der Waals surface area (Å²) in [4.78, 5) is 26.0. The Morgan fingerprint density at radius 3 is 2.52 bits per heavy atom. The highest BCUT2D eigenvalue weighted by Crippen LogP contribution is 2.32. The molecule has 0 aliphatic carbocycles. The molecule has 0 bridgehead atoms. The third-order valence-corrected chi connectivity index (χ3v) is 6.31. The van der Waals surface area contributed by atoms with E-state index in [1.807, 2.05) is 24.8 Å². The molecule has 0 spiro atoms. The molecule has 1 atom stereocenters. The van der Waals surface area contributed by atoms with E-state index >= 15 is 0 Å². The lowest BCUT2D eigenvalue weighted by molar-refractivity contribution is -0.127. The van der Waals surface area contributed by atoms with Crippen LogP contribution >= 0.6 is 11.8 Å². The molecule has 0 N–H and O–H groups in total. The van der Waals surface area contributed by atoms with E-state index in [-0.39, 0.29) is 17.1 Å².